The van der Waals surface area contributed by atoms with Crippen molar-refractivity contribution in [2.45, 2.75) is 18.2 Å². The minimum atomic E-state index is -4.79. The molecule has 0 fully saturated rings. The SMILES string of the molecule is [C-]#[N+]c1ccc(NC(=O)[C@@](O)(COc2ccc(C#N)cc2)Cc2ccccc2)cc1C(F)(F)F. The Morgan fingerprint density at radius 2 is 1.76 bits per heavy atom. The normalized spacial score (nSPS) is 12.6. The number of benzene rings is 3. The second-order valence-corrected chi connectivity index (χ2v) is 7.41. The van der Waals surface area contributed by atoms with Crippen molar-refractivity contribution in [3.63, 3.8) is 0 Å². The number of carbonyl (C=O) groups is 1. The summed E-state index contributed by atoms with van der Waals surface area (Å²) in [4.78, 5) is 15.9. The van der Waals surface area contributed by atoms with Crippen LogP contribution >= 0.6 is 0 Å². The van der Waals surface area contributed by atoms with Crippen molar-refractivity contribution in [2.75, 3.05) is 11.9 Å². The fourth-order valence-electron chi connectivity index (χ4n) is 3.14. The number of nitrogens with one attached hydrogen (secondary N) is 1. The molecule has 0 unspecified atom stereocenters. The summed E-state index contributed by atoms with van der Waals surface area (Å²) < 4.78 is 45.4. The molecule has 0 aromatic heterocycles. The van der Waals surface area contributed by atoms with E-state index in [1.54, 1.807) is 30.3 Å². The first-order valence-corrected chi connectivity index (χ1v) is 9.94. The molecule has 3 aromatic rings. The van der Waals surface area contributed by atoms with Gasteiger partial charge in [-0.3, -0.25) is 4.79 Å². The van der Waals surface area contributed by atoms with Gasteiger partial charge in [0.2, 0.25) is 0 Å². The molecule has 0 aliphatic carbocycles. The Kier molecular flexibility index (Phi) is 7.20. The Bertz CT molecular complexity index is 1250. The highest BCUT2D eigenvalue weighted by Gasteiger charge is 2.38. The summed E-state index contributed by atoms with van der Waals surface area (Å²) in [5, 5.41) is 22.4. The largest absolute Gasteiger partial charge is 0.490 e. The molecule has 172 valence electrons. The smallest absolute Gasteiger partial charge is 0.407 e. The molecule has 0 radical (unpaired) electrons. The van der Waals surface area contributed by atoms with Gasteiger partial charge in [-0.15, -0.1) is 0 Å². The van der Waals surface area contributed by atoms with Crippen molar-refractivity contribution in [3.8, 4) is 11.8 Å². The molecule has 6 nitrogen and oxygen atoms in total. The molecule has 1 atom stereocenters. The van der Waals surface area contributed by atoms with Gasteiger partial charge in [0.15, 0.2) is 11.3 Å². The predicted molar refractivity (Wildman–Crippen MR) is 118 cm³/mol. The molecule has 0 bridgehead atoms. The first-order chi connectivity index (χ1) is 16.1. The lowest BCUT2D eigenvalue weighted by molar-refractivity contribution is -0.138. The van der Waals surface area contributed by atoms with Crippen LogP contribution in [0.3, 0.4) is 0 Å². The van der Waals surface area contributed by atoms with Gasteiger partial charge in [-0.25, -0.2) is 4.85 Å². The van der Waals surface area contributed by atoms with Crippen molar-refractivity contribution >= 4 is 17.3 Å². The first kappa shape index (κ1) is 24.3. The number of rotatable bonds is 7. The number of hydrogen-bond acceptors (Lipinski definition) is 4. The molecule has 3 aromatic carbocycles. The van der Waals surface area contributed by atoms with Crippen LogP contribution in [0.1, 0.15) is 16.7 Å². The van der Waals surface area contributed by atoms with Crippen LogP contribution in [-0.4, -0.2) is 23.2 Å². The van der Waals surface area contributed by atoms with E-state index in [0.717, 1.165) is 12.1 Å². The summed E-state index contributed by atoms with van der Waals surface area (Å²) in [6.07, 6.45) is -4.97. The zero-order valence-electron chi connectivity index (χ0n) is 17.6. The maximum absolute atomic E-state index is 13.3. The molecular weight excluding hydrogens is 447 g/mol. The number of nitrogens with zero attached hydrogens (tertiary/aromatic N) is 2. The molecule has 9 heteroatoms. The molecular formula is C25H18F3N3O3. The average molecular weight is 465 g/mol. The van der Waals surface area contributed by atoms with Gasteiger partial charge in [-0.2, -0.15) is 18.4 Å². The van der Waals surface area contributed by atoms with Crippen molar-refractivity contribution in [1.82, 2.24) is 0 Å². The van der Waals surface area contributed by atoms with Crippen LogP contribution in [0.25, 0.3) is 4.85 Å². The first-order valence-electron chi connectivity index (χ1n) is 9.94. The number of aliphatic hydroxyl groups is 1. The van der Waals surface area contributed by atoms with E-state index in [9.17, 15) is 23.1 Å². The topological polar surface area (TPSA) is 86.7 Å². The van der Waals surface area contributed by atoms with Crippen LogP contribution in [-0.2, 0) is 17.4 Å². The van der Waals surface area contributed by atoms with E-state index in [-0.39, 0.29) is 12.1 Å². The van der Waals surface area contributed by atoms with Crippen molar-refractivity contribution < 1.29 is 27.8 Å². The van der Waals surface area contributed by atoms with Crippen LogP contribution in [0.4, 0.5) is 24.5 Å². The predicted octanol–water partition coefficient (Wildman–Crippen LogP) is 5.12. The monoisotopic (exact) mass is 465 g/mol. The lowest BCUT2D eigenvalue weighted by Crippen LogP contribution is -2.49. The van der Waals surface area contributed by atoms with E-state index in [2.05, 4.69) is 10.2 Å². The third-order valence-electron chi connectivity index (χ3n) is 4.90. The lowest BCUT2D eigenvalue weighted by atomic mass is 9.94. The highest BCUT2D eigenvalue weighted by atomic mass is 19.4. The highest BCUT2D eigenvalue weighted by molar-refractivity contribution is 5.97. The highest BCUT2D eigenvalue weighted by Crippen LogP contribution is 2.38. The number of amides is 1. The minimum Gasteiger partial charge on any atom is -0.490 e. The van der Waals surface area contributed by atoms with Gasteiger partial charge in [0.05, 0.1) is 23.8 Å². The van der Waals surface area contributed by atoms with E-state index in [1.165, 1.54) is 24.3 Å². The second kappa shape index (κ2) is 10.1. The molecule has 3 rings (SSSR count). The summed E-state index contributed by atoms with van der Waals surface area (Å²) in [6.45, 7) is 6.42. The Morgan fingerprint density at radius 1 is 1.09 bits per heavy atom. The Balaban J connectivity index is 1.87. The maximum Gasteiger partial charge on any atom is 0.407 e. The average Bonchev–Trinajstić information content (AvgIpc) is 2.83. The second-order valence-electron chi connectivity index (χ2n) is 7.41. The standard InChI is InChI=1S/C25H18F3N3O3/c1-30-22-12-9-19(13-21(22)25(26,27)28)31-23(32)24(33,14-17-5-3-2-4-6-17)16-34-20-10-7-18(15-29)8-11-20/h2-13,33H,14,16H2,(H,31,32)/t24-/m0/s1. The van der Waals surface area contributed by atoms with Gasteiger partial charge in [-0.05, 0) is 42.0 Å². The molecule has 1 amide bonds. The van der Waals surface area contributed by atoms with Crippen molar-refractivity contribution in [2.24, 2.45) is 0 Å². The number of ether oxygens (including phenoxy) is 1. The molecule has 2 N–H and O–H groups in total. The maximum atomic E-state index is 13.3. The molecule has 0 heterocycles. The van der Waals surface area contributed by atoms with Gasteiger partial charge in [0.25, 0.3) is 5.91 Å². The third kappa shape index (κ3) is 5.91. The zero-order chi connectivity index (χ0) is 24.8. The Morgan fingerprint density at radius 3 is 2.35 bits per heavy atom. The van der Waals surface area contributed by atoms with Gasteiger partial charge in [0.1, 0.15) is 12.4 Å². The Labute approximate surface area is 193 Å². The van der Waals surface area contributed by atoms with Gasteiger partial charge >= 0.3 is 6.18 Å². The van der Waals surface area contributed by atoms with Crippen LogP contribution in [0.2, 0.25) is 0 Å². The third-order valence-corrected chi connectivity index (χ3v) is 4.90. The van der Waals surface area contributed by atoms with E-state index in [0.29, 0.717) is 22.9 Å². The van der Waals surface area contributed by atoms with Crippen LogP contribution in [0.5, 0.6) is 5.75 Å². The molecule has 0 aliphatic rings. The number of carbonyl (C=O) groups excluding carboxylic acids is 1. The van der Waals surface area contributed by atoms with Crippen molar-refractivity contribution in [3.05, 3.63) is 101 Å². The fourth-order valence-corrected chi connectivity index (χ4v) is 3.14. The minimum absolute atomic E-state index is 0.178. The number of alkyl halides is 3. The molecule has 0 saturated carbocycles. The number of hydrogen-bond donors (Lipinski definition) is 2. The summed E-state index contributed by atoms with van der Waals surface area (Å²) in [5.74, 6) is -0.687. The number of nitriles is 1. The van der Waals surface area contributed by atoms with Gasteiger partial charge < -0.3 is 15.2 Å². The molecule has 0 spiro atoms. The van der Waals surface area contributed by atoms with Crippen LogP contribution in [0.15, 0.2) is 72.8 Å². The fraction of sp³-hybridized carbons (Fsp3) is 0.160. The molecule has 0 aliphatic heterocycles. The summed E-state index contributed by atoms with van der Waals surface area (Å²) in [5.41, 5.74) is -3.17. The van der Waals surface area contributed by atoms with Gasteiger partial charge in [0, 0.05) is 12.1 Å². The van der Waals surface area contributed by atoms with Gasteiger partial charge in [-0.1, -0.05) is 36.4 Å². The van der Waals surface area contributed by atoms with Crippen molar-refractivity contribution in [1.29, 1.82) is 5.26 Å². The lowest BCUT2D eigenvalue weighted by Gasteiger charge is -2.27. The summed E-state index contributed by atoms with van der Waals surface area (Å²) in [6, 6.07) is 19.3. The summed E-state index contributed by atoms with van der Waals surface area (Å²) in [7, 11) is 0. The van der Waals surface area contributed by atoms with E-state index in [4.69, 9.17) is 16.6 Å². The molecule has 0 saturated heterocycles. The summed E-state index contributed by atoms with van der Waals surface area (Å²) >= 11 is 0. The molecule has 34 heavy (non-hydrogen) atoms. The number of anilines is 1. The number of halogens is 3. The van der Waals surface area contributed by atoms with Crippen LogP contribution < -0.4 is 10.1 Å². The van der Waals surface area contributed by atoms with E-state index in [1.807, 2.05) is 6.07 Å². The van der Waals surface area contributed by atoms with Crippen LogP contribution in [0, 0.1) is 17.9 Å². The zero-order valence-corrected chi connectivity index (χ0v) is 17.6. The quantitative estimate of drug-likeness (QED) is 0.475. The van der Waals surface area contributed by atoms with E-state index >= 15 is 0 Å². The van der Waals surface area contributed by atoms with E-state index < -0.39 is 35.5 Å². The Hall–Kier alpha value is -4.34.